The molecule has 5 nitrogen and oxygen atoms in total. The first-order valence-electron chi connectivity index (χ1n) is 6.24. The Morgan fingerprint density at radius 1 is 1.25 bits per heavy atom. The number of aromatic nitrogens is 2. The van der Waals surface area contributed by atoms with Crippen molar-refractivity contribution in [1.82, 2.24) is 15.1 Å². The summed E-state index contributed by atoms with van der Waals surface area (Å²) in [6.07, 6.45) is 4.43. The maximum absolute atomic E-state index is 12.5. The van der Waals surface area contributed by atoms with Crippen LogP contribution in [0.1, 0.15) is 12.8 Å². The van der Waals surface area contributed by atoms with E-state index in [4.69, 9.17) is 0 Å². The molecule has 1 aromatic heterocycles. The third-order valence-electron chi connectivity index (χ3n) is 2.82. The smallest absolute Gasteiger partial charge is 0.306 e. The number of hydrogen-bond donors (Lipinski definition) is 0. The van der Waals surface area contributed by atoms with E-state index in [-0.39, 0.29) is 10.7 Å². The van der Waals surface area contributed by atoms with Gasteiger partial charge in [-0.15, -0.1) is 33.7 Å². The van der Waals surface area contributed by atoms with Gasteiger partial charge in [0, 0.05) is 14.1 Å². The van der Waals surface area contributed by atoms with Gasteiger partial charge in [-0.05, 0) is 30.6 Å². The van der Waals surface area contributed by atoms with Crippen molar-refractivity contribution in [2.24, 2.45) is 0 Å². The van der Waals surface area contributed by atoms with Crippen molar-refractivity contribution in [3.05, 3.63) is 0 Å². The molecule has 0 aliphatic carbocycles. The zero-order valence-corrected chi connectivity index (χ0v) is 15.0. The Balaban J connectivity index is 2.01. The molecular formula is C11H18N4OS4. The van der Waals surface area contributed by atoms with Crippen LogP contribution >= 0.6 is 46.6 Å². The average molecular weight is 351 g/mol. The number of thioether (sulfide) groups is 3. The Labute approximate surface area is 136 Å². The van der Waals surface area contributed by atoms with Crippen LogP contribution < -0.4 is 4.90 Å². The predicted molar refractivity (Wildman–Crippen MR) is 91.2 cm³/mol. The molecular weight excluding hydrogens is 332 g/mol. The molecule has 0 unspecified atom stereocenters. The molecule has 9 heteroatoms. The lowest BCUT2D eigenvalue weighted by atomic mass is 10.4. The second-order valence-electron chi connectivity index (χ2n) is 4.26. The van der Waals surface area contributed by atoms with E-state index in [9.17, 15) is 4.79 Å². The molecule has 0 N–H and O–H groups in total. The van der Waals surface area contributed by atoms with E-state index in [1.807, 2.05) is 36.8 Å². The molecule has 2 heterocycles. The van der Waals surface area contributed by atoms with Crippen LogP contribution in [0.4, 0.5) is 9.93 Å². The van der Waals surface area contributed by atoms with Crippen molar-refractivity contribution in [3.8, 4) is 0 Å². The fraction of sp³-hybridized carbons (Fsp3) is 0.727. The highest BCUT2D eigenvalue weighted by Gasteiger charge is 2.26. The topological polar surface area (TPSA) is 49.3 Å². The molecule has 1 aliphatic rings. The van der Waals surface area contributed by atoms with Gasteiger partial charge in [0.15, 0.2) is 4.34 Å². The number of urea groups is 1. The summed E-state index contributed by atoms with van der Waals surface area (Å²) in [6, 6.07) is -0.0271. The lowest BCUT2D eigenvalue weighted by molar-refractivity contribution is 0.221. The van der Waals surface area contributed by atoms with Gasteiger partial charge in [0.1, 0.15) is 4.71 Å². The van der Waals surface area contributed by atoms with Gasteiger partial charge in [-0.25, -0.2) is 4.79 Å². The average Bonchev–Trinajstić information content (AvgIpc) is 2.79. The highest BCUT2D eigenvalue weighted by Crippen LogP contribution is 2.33. The molecule has 112 valence electrons. The van der Waals surface area contributed by atoms with E-state index >= 15 is 0 Å². The summed E-state index contributed by atoms with van der Waals surface area (Å²) in [5, 5.41) is 8.75. The van der Waals surface area contributed by atoms with Gasteiger partial charge in [-0.1, -0.05) is 23.1 Å². The minimum absolute atomic E-state index is 0.0271. The number of anilines is 1. The van der Waals surface area contributed by atoms with Crippen LogP contribution in [-0.4, -0.2) is 57.7 Å². The molecule has 1 aliphatic heterocycles. The Hall–Kier alpha value is -0.120. The summed E-state index contributed by atoms with van der Waals surface area (Å²) in [7, 11) is 3.63. The third-order valence-corrected chi connectivity index (χ3v) is 7.87. The molecule has 2 rings (SSSR count). The molecule has 20 heavy (non-hydrogen) atoms. The maximum Gasteiger partial charge on any atom is 0.327 e. The van der Waals surface area contributed by atoms with Gasteiger partial charge in [0.25, 0.3) is 0 Å². The second kappa shape index (κ2) is 7.77. The van der Waals surface area contributed by atoms with Gasteiger partial charge in [0.2, 0.25) is 5.13 Å². The number of amides is 2. The van der Waals surface area contributed by atoms with Crippen molar-refractivity contribution in [2.45, 2.75) is 21.9 Å². The number of hydrogen-bond acceptors (Lipinski definition) is 7. The summed E-state index contributed by atoms with van der Waals surface area (Å²) >= 11 is 6.68. The van der Waals surface area contributed by atoms with Crippen molar-refractivity contribution < 1.29 is 4.79 Å². The van der Waals surface area contributed by atoms with Gasteiger partial charge in [0.05, 0.1) is 0 Å². The van der Waals surface area contributed by atoms with Crippen LogP contribution in [0.3, 0.4) is 0 Å². The zero-order chi connectivity index (χ0) is 14.5. The molecule has 1 saturated heterocycles. The standard InChI is InChI=1S/C11H18N4OS4/c1-14(8-12-13-9(17-3)20-8)10(16)15(2)11-18-6-4-5-7-19-11/h11H,4-7H2,1-3H3. The van der Waals surface area contributed by atoms with E-state index in [0.717, 1.165) is 15.8 Å². The summed E-state index contributed by atoms with van der Waals surface area (Å²) in [4.78, 5) is 15.9. The quantitative estimate of drug-likeness (QED) is 0.616. The first kappa shape index (κ1) is 16.3. The van der Waals surface area contributed by atoms with E-state index in [1.54, 1.807) is 28.6 Å². The Morgan fingerprint density at radius 2 is 1.90 bits per heavy atom. The second-order valence-corrected chi connectivity index (χ2v) is 8.95. The number of carbonyl (C=O) groups excluding carboxylic acids is 1. The number of rotatable bonds is 3. The first-order valence-corrected chi connectivity index (χ1v) is 10.4. The monoisotopic (exact) mass is 350 g/mol. The van der Waals surface area contributed by atoms with Crippen LogP contribution in [0, 0.1) is 0 Å². The first-order chi connectivity index (χ1) is 9.63. The van der Waals surface area contributed by atoms with Gasteiger partial charge in [-0.2, -0.15) is 0 Å². The van der Waals surface area contributed by atoms with E-state index in [0.29, 0.717) is 5.13 Å². The van der Waals surface area contributed by atoms with Crippen molar-refractivity contribution in [3.63, 3.8) is 0 Å². The minimum atomic E-state index is -0.0271. The lowest BCUT2D eigenvalue weighted by Gasteiger charge is -2.29. The normalized spacial score (nSPS) is 16.8. The SMILES string of the molecule is CSc1nnc(N(C)C(=O)N(C)C2SCCCCS2)s1. The van der Waals surface area contributed by atoms with Crippen LogP contribution in [0.25, 0.3) is 0 Å². The summed E-state index contributed by atoms with van der Waals surface area (Å²) in [5.74, 6) is 2.24. The Bertz CT molecular complexity index is 447. The van der Waals surface area contributed by atoms with E-state index in [2.05, 4.69) is 10.2 Å². The highest BCUT2D eigenvalue weighted by atomic mass is 32.2. The molecule has 0 atom stereocenters. The Morgan fingerprint density at radius 3 is 2.45 bits per heavy atom. The van der Waals surface area contributed by atoms with Crippen LogP contribution in [-0.2, 0) is 0 Å². The van der Waals surface area contributed by atoms with Gasteiger partial charge in [-0.3, -0.25) is 4.90 Å². The summed E-state index contributed by atoms with van der Waals surface area (Å²) in [6.45, 7) is 0. The van der Waals surface area contributed by atoms with Gasteiger partial charge < -0.3 is 4.90 Å². The van der Waals surface area contributed by atoms with Crippen molar-refractivity contribution >= 4 is 57.8 Å². The molecule has 0 saturated carbocycles. The maximum atomic E-state index is 12.5. The van der Waals surface area contributed by atoms with Crippen molar-refractivity contribution in [2.75, 3.05) is 36.8 Å². The van der Waals surface area contributed by atoms with Crippen LogP contribution in [0.15, 0.2) is 4.34 Å². The summed E-state index contributed by atoms with van der Waals surface area (Å²) < 4.78 is 1.07. The number of nitrogens with zero attached hydrogens (tertiary/aromatic N) is 4. The molecule has 2 amide bonds. The zero-order valence-electron chi connectivity index (χ0n) is 11.7. The molecule has 0 spiro atoms. The summed E-state index contributed by atoms with van der Waals surface area (Å²) in [5.41, 5.74) is 0. The molecule has 1 fully saturated rings. The molecule has 1 aromatic rings. The Kier molecular flexibility index (Phi) is 6.31. The number of carbonyl (C=O) groups is 1. The molecule has 0 aromatic carbocycles. The molecule has 0 bridgehead atoms. The van der Waals surface area contributed by atoms with E-state index < -0.39 is 0 Å². The minimum Gasteiger partial charge on any atom is -0.306 e. The van der Waals surface area contributed by atoms with Crippen LogP contribution in [0.5, 0.6) is 0 Å². The fourth-order valence-electron chi connectivity index (χ4n) is 1.67. The predicted octanol–water partition coefficient (Wildman–Crippen LogP) is 3.29. The fourth-order valence-corrected chi connectivity index (χ4v) is 5.62. The van der Waals surface area contributed by atoms with Gasteiger partial charge >= 0.3 is 6.03 Å². The van der Waals surface area contributed by atoms with E-state index in [1.165, 1.54) is 24.2 Å². The lowest BCUT2D eigenvalue weighted by Crippen LogP contribution is -2.42. The van der Waals surface area contributed by atoms with Crippen LogP contribution in [0.2, 0.25) is 0 Å². The third kappa shape index (κ3) is 3.96. The molecule has 0 radical (unpaired) electrons. The van der Waals surface area contributed by atoms with Crippen molar-refractivity contribution in [1.29, 1.82) is 0 Å². The highest BCUT2D eigenvalue weighted by molar-refractivity contribution is 8.17. The largest absolute Gasteiger partial charge is 0.327 e.